The van der Waals surface area contributed by atoms with Crippen LogP contribution < -0.4 is 20.5 Å². The Labute approximate surface area is 753 Å². The number of amides is 1. The third-order valence-corrected chi connectivity index (χ3v) is 17.6. The molecule has 1 amide bonds. The van der Waals surface area contributed by atoms with Crippen molar-refractivity contribution >= 4 is 99.3 Å². The summed E-state index contributed by atoms with van der Waals surface area (Å²) in [6, 6.07) is 50.5. The van der Waals surface area contributed by atoms with E-state index in [0.717, 1.165) is 55.2 Å². The normalized spacial score (nSPS) is 15.4. The van der Waals surface area contributed by atoms with Gasteiger partial charge in [-0.1, -0.05) is 169 Å². The number of para-hydroxylation sites is 2. The first-order valence-corrected chi connectivity index (χ1v) is 42.0. The van der Waals surface area contributed by atoms with Crippen molar-refractivity contribution in [1.82, 2.24) is 0 Å². The monoisotopic (exact) mass is 2000 g/mol. The summed E-state index contributed by atoms with van der Waals surface area (Å²) < 4.78 is 64.4. The molecule has 120 heavy (non-hydrogen) atoms. The molecule has 6 aromatic carbocycles. The van der Waals surface area contributed by atoms with Crippen molar-refractivity contribution < 1.29 is 112 Å². The Kier molecular flexibility index (Phi) is 62.8. The van der Waals surface area contributed by atoms with Gasteiger partial charge in [0.15, 0.2) is 24.1 Å². The second-order valence-electron chi connectivity index (χ2n) is 32.5. The molecule has 9 rings (SSSR count). The molecule has 3 aliphatic heterocycles. The summed E-state index contributed by atoms with van der Waals surface area (Å²) in [5.41, 5.74) is 6.52. The number of anilines is 3. The van der Waals surface area contributed by atoms with Crippen LogP contribution >= 0.6 is 70.4 Å². The lowest BCUT2D eigenvalue weighted by atomic mass is 9.93. The lowest BCUT2D eigenvalue weighted by Crippen LogP contribution is -2.47. The Morgan fingerprint density at radius 1 is 0.508 bits per heavy atom. The predicted octanol–water partition coefficient (Wildman–Crippen LogP) is 18.2. The zero-order chi connectivity index (χ0) is 91.0. The molecule has 27 nitrogen and oxygen atoms in total. The Balaban J connectivity index is -0.00000130. The molecule has 3 heterocycles. The van der Waals surface area contributed by atoms with Gasteiger partial charge >= 0.3 is 6.09 Å². The van der Waals surface area contributed by atoms with Crippen LogP contribution in [0.15, 0.2) is 181 Å². The van der Waals surface area contributed by atoms with Crippen molar-refractivity contribution in [3.05, 3.63) is 175 Å². The van der Waals surface area contributed by atoms with Gasteiger partial charge in [0.1, 0.15) is 23.0 Å². The minimum absolute atomic E-state index is 0. The zero-order valence-electron chi connectivity index (χ0n) is 73.6. The first-order chi connectivity index (χ1) is 55.5. The third-order valence-electron chi connectivity index (χ3n) is 15.5. The molecule has 0 aromatic heterocycles. The lowest BCUT2D eigenvalue weighted by molar-refractivity contribution is -0.315. The molecule has 0 radical (unpaired) electrons. The van der Waals surface area contributed by atoms with Gasteiger partial charge in [0.25, 0.3) is 0 Å². The molecule has 0 atom stereocenters. The maximum Gasteiger partial charge on any atom is 0.452 e. The minimum atomic E-state index is -0.729. The number of aliphatic hydroxyl groups is 7. The molecule has 0 aliphatic carbocycles. The van der Waals surface area contributed by atoms with Gasteiger partial charge in [-0.25, -0.2) is 14.6 Å². The molecule has 0 bridgehead atoms. The Morgan fingerprint density at radius 2 is 0.867 bits per heavy atom. The minimum Gasteiger partial charge on any atom is -0.508 e. The number of hydrogen-bond acceptors (Lipinski definition) is 26. The summed E-state index contributed by atoms with van der Waals surface area (Å²) in [5, 5.41) is 78.5. The van der Waals surface area contributed by atoms with Crippen LogP contribution in [0.5, 0.6) is 17.2 Å². The first-order valence-electron chi connectivity index (χ1n) is 38.5. The molecule has 3 saturated heterocycles. The summed E-state index contributed by atoms with van der Waals surface area (Å²) in [6.45, 7) is 40.5. The highest BCUT2D eigenvalue weighted by atomic mass is 127. The number of phenolic OH excluding ortho intramolecular Hbond substituents is 1. The van der Waals surface area contributed by atoms with Crippen LogP contribution in [0, 0.1) is 36.1 Å². The number of rotatable bonds is 24. The smallest absolute Gasteiger partial charge is 0.452 e. The molecule has 0 saturated carbocycles. The number of nitrogens with zero attached hydrogens (tertiary/aromatic N) is 2. The molecule has 0 spiro atoms. The maximum absolute atomic E-state index is 10.8. The second-order valence-corrected chi connectivity index (χ2v) is 36.5. The average molecular weight is 2000 g/mol. The SMILES string of the molecule is Brc1cccc(I)c1.C.CC(C)=O.CC(C)OOCN=NC(=O)OC(C)C.CC(CO)(CO)CO.CC(CO)(CO)CO.CC1(CO)COC(C)(C)OC1.CC1(COc2cccc(Br)c2)COC(C)(C)OC1.CC1(COc2cccc(Nc3ccccc3)c2)COC(C)(C)OC1.COCC(C)(C)COC.Nc1ccccc1.Oc1cccc(Br)c1. The lowest BCUT2D eigenvalue weighted by Gasteiger charge is -2.41. The molecule has 31 heteroatoms. The number of phenols is 1. The number of Topliss-reactive ketones (excluding diaryl/α,β-unsaturated/α-hetero) is 1. The number of benzene rings is 6. The van der Waals surface area contributed by atoms with Gasteiger partial charge in [0.2, 0.25) is 0 Å². The van der Waals surface area contributed by atoms with Crippen LogP contribution in [0.3, 0.4) is 0 Å². The van der Waals surface area contributed by atoms with E-state index >= 15 is 0 Å². The number of carbonyl (C=O) groups is 2. The van der Waals surface area contributed by atoms with Crippen LogP contribution in [0.25, 0.3) is 0 Å². The van der Waals surface area contributed by atoms with E-state index in [9.17, 15) is 9.59 Å². The van der Waals surface area contributed by atoms with E-state index in [1.54, 1.807) is 60.1 Å². The number of ether oxygens (including phenoxy) is 11. The van der Waals surface area contributed by atoms with Gasteiger partial charge in [-0.2, -0.15) is 5.11 Å². The van der Waals surface area contributed by atoms with Crippen LogP contribution in [-0.4, -0.2) is 216 Å². The molecule has 684 valence electrons. The zero-order valence-corrected chi connectivity index (χ0v) is 80.5. The number of nitrogens with one attached hydrogen (secondary N) is 1. The summed E-state index contributed by atoms with van der Waals surface area (Å²) in [4.78, 5) is 29.5. The number of aliphatic hydroxyl groups excluding tert-OH is 7. The Hall–Kier alpha value is -5.45. The molecular weight excluding hydrogens is 1860 g/mol. The fourth-order valence-electron chi connectivity index (χ4n) is 8.03. The van der Waals surface area contributed by atoms with Gasteiger partial charge in [0.05, 0.1) is 125 Å². The molecule has 11 N–H and O–H groups in total. The average Bonchev–Trinajstić information content (AvgIpc) is 0.831. The van der Waals surface area contributed by atoms with E-state index < -0.39 is 34.3 Å². The van der Waals surface area contributed by atoms with Crippen molar-refractivity contribution in [3.8, 4) is 17.2 Å². The summed E-state index contributed by atoms with van der Waals surface area (Å²) in [7, 11) is 3.41. The molecule has 3 fully saturated rings. The largest absolute Gasteiger partial charge is 0.508 e. The highest BCUT2D eigenvalue weighted by molar-refractivity contribution is 14.1. The second kappa shape index (κ2) is 63.5. The van der Waals surface area contributed by atoms with Crippen molar-refractivity contribution in [2.75, 3.05) is 144 Å². The number of hydrogen-bond donors (Lipinski definition) is 10. The van der Waals surface area contributed by atoms with E-state index in [2.05, 4.69) is 135 Å². The summed E-state index contributed by atoms with van der Waals surface area (Å²) >= 11 is 12.3. The summed E-state index contributed by atoms with van der Waals surface area (Å²) in [6.07, 6.45) is -0.977. The van der Waals surface area contributed by atoms with E-state index in [1.165, 1.54) is 17.4 Å². The van der Waals surface area contributed by atoms with Crippen molar-refractivity contribution in [1.29, 1.82) is 0 Å². The van der Waals surface area contributed by atoms with Crippen LogP contribution in [0.1, 0.15) is 139 Å². The number of nitrogens with two attached hydrogens (primary N) is 1. The number of ketones is 1. The van der Waals surface area contributed by atoms with E-state index in [0.29, 0.717) is 58.6 Å². The van der Waals surface area contributed by atoms with E-state index in [4.69, 9.17) is 98.8 Å². The topological polar surface area (TPSA) is 379 Å². The van der Waals surface area contributed by atoms with Gasteiger partial charge in [-0.3, -0.25) is 0 Å². The number of aromatic hydroxyl groups is 1. The quantitative estimate of drug-likeness (QED) is 0.00672. The maximum atomic E-state index is 10.8. The van der Waals surface area contributed by atoms with Crippen molar-refractivity contribution in [2.45, 2.75) is 169 Å². The van der Waals surface area contributed by atoms with Crippen molar-refractivity contribution in [3.63, 3.8) is 0 Å². The van der Waals surface area contributed by atoms with Crippen LogP contribution in [-0.2, 0) is 57.2 Å². The molecule has 3 aliphatic rings. The van der Waals surface area contributed by atoms with Crippen LogP contribution in [0.4, 0.5) is 21.9 Å². The number of nitrogen functional groups attached to an aromatic ring is 1. The van der Waals surface area contributed by atoms with Crippen LogP contribution in [0.2, 0.25) is 0 Å². The highest BCUT2D eigenvalue weighted by Gasteiger charge is 2.39. The van der Waals surface area contributed by atoms with Gasteiger partial charge in [0, 0.05) is 86.8 Å². The third kappa shape index (κ3) is 62.6. The van der Waals surface area contributed by atoms with Crippen molar-refractivity contribution in [2.24, 2.45) is 42.7 Å². The number of carbonyl (C=O) groups excluding carboxylic acids is 2. The first kappa shape index (κ1) is 119. The molecule has 0 unspecified atom stereocenters. The highest BCUT2D eigenvalue weighted by Crippen LogP contribution is 2.34. The fourth-order valence-corrected chi connectivity index (χ4v) is 10.2. The van der Waals surface area contributed by atoms with E-state index in [-0.39, 0.29) is 100 Å². The number of methoxy groups -OCH3 is 2. The predicted molar refractivity (Wildman–Crippen MR) is 492 cm³/mol. The van der Waals surface area contributed by atoms with Gasteiger partial charge in [-0.05, 0) is 197 Å². The molecule has 6 aromatic rings. The summed E-state index contributed by atoms with van der Waals surface area (Å²) in [5.74, 6) is 0.694. The Morgan fingerprint density at radius 3 is 1.18 bits per heavy atom. The molecular formula is C89H142Br3IN4O23. The fraction of sp³-hybridized carbons (Fsp3) is 0.573. The van der Waals surface area contributed by atoms with Gasteiger partial charge in [-0.15, -0.1) is 0 Å². The Bertz CT molecular complexity index is 3480. The standard InChI is InChI=1S/C20H25NO3.C14H19BrO3.C8H16N2O4.C8H16O3.C7H16O2.C6H4BrI.C6H5BrO.C6H7N.2C5H12O3.C3H6O.CH4/c1-19(2)23-14-20(3,15-24-19)13-22-18-11-7-10-17(12-18)21-16-8-5-4-6-9-16;1-13(2)17-9-14(3,10-18-13)8-16-12-6-4-5-11(15)7-12;1-6(2)13-8(11)10-9-5-12-14-7(3)4;1-7(2)10-5-8(3,4-9)6-11-7;1-7(2,5-8-3)6-9-4;2*7-5-2-1-3-6(8)4-5;7-6-4-2-1-3-5-6;2*1-5(2-6,3-7)4-8;1-3(2)4;/h4-12,21H,13-15H2,1-3H3;4-7H,8-10H2,1-3H3;6-7H,5H2,1-4H3;9H,4-6H2,1-3H3;5-6H2,1-4H3;1-4H;1-4,8H;1-5H,7H2;2*6-8H,2-4H2,1H3;1-2H3;1H4. The number of azo groups is 1. The van der Waals surface area contributed by atoms with E-state index in [1.807, 2.05) is 190 Å². The number of halogens is 4. The van der Waals surface area contributed by atoms with Gasteiger partial charge < -0.3 is 109 Å².